The van der Waals surface area contributed by atoms with Gasteiger partial charge >= 0.3 is 11.9 Å². The minimum Gasteiger partial charge on any atom is -0.493 e. The summed E-state index contributed by atoms with van der Waals surface area (Å²) in [6.45, 7) is 5.35. The van der Waals surface area contributed by atoms with Crippen LogP contribution in [0.15, 0.2) is 24.0 Å². The van der Waals surface area contributed by atoms with Crippen molar-refractivity contribution >= 4 is 11.9 Å². The summed E-state index contributed by atoms with van der Waals surface area (Å²) in [7, 11) is 3.82. The predicted molar refractivity (Wildman–Crippen MR) is 195 cm³/mol. The van der Waals surface area contributed by atoms with Crippen molar-refractivity contribution in [3.8, 4) is 11.5 Å². The highest BCUT2D eigenvalue weighted by molar-refractivity contribution is 5.74. The van der Waals surface area contributed by atoms with Gasteiger partial charge in [0.15, 0.2) is 17.6 Å². The summed E-state index contributed by atoms with van der Waals surface area (Å²) in [6, 6.07) is 4.14. The number of ether oxygens (including phenoxy) is 4. The first-order valence-corrected chi connectivity index (χ1v) is 20.1. The predicted octanol–water partition coefficient (Wildman–Crippen LogP) is 9.91. The lowest BCUT2D eigenvalue weighted by Gasteiger charge is -2.62. The fourth-order valence-electron chi connectivity index (χ4n) is 9.35. The molecule has 4 atom stereocenters. The summed E-state index contributed by atoms with van der Waals surface area (Å²) in [6.07, 6.45) is 26.0. The Morgan fingerprint density at radius 1 is 0.816 bits per heavy atom. The average Bonchev–Trinajstić information content (AvgIpc) is 3.45. The number of carbonyl (C=O) groups excluding carboxylic acids is 2. The van der Waals surface area contributed by atoms with Gasteiger partial charge in [0, 0.05) is 24.8 Å². The second-order valence-electron chi connectivity index (χ2n) is 15.4. The molecule has 5 rings (SSSR count). The minimum atomic E-state index is -0.807. The standard InChI is InChI=1S/C42H65NO6/c1-5-7-9-11-13-15-17-19-21-23-36(44)47-34-27-28-42(49-37(45)24-22-20-18-16-14-12-10-8-6-2)35-31-32-25-26-33(46-4)39-38(32)41(42,40(34)48-39)29-30-43(35)3/h25-27,35,40H,5-24,28-31H2,1-4H3/t35?,40-,41?,42?/m0/s1. The molecular weight excluding hydrogens is 614 g/mol. The second-order valence-corrected chi connectivity index (χ2v) is 15.4. The van der Waals surface area contributed by atoms with Gasteiger partial charge in [-0.15, -0.1) is 0 Å². The molecule has 274 valence electrons. The van der Waals surface area contributed by atoms with Crippen LogP contribution in [0.1, 0.15) is 166 Å². The van der Waals surface area contributed by atoms with E-state index < -0.39 is 17.1 Å². The molecule has 0 amide bonds. The maximum Gasteiger partial charge on any atom is 0.310 e. The number of hydrogen-bond donors (Lipinski definition) is 0. The van der Waals surface area contributed by atoms with E-state index in [1.54, 1.807) is 7.11 Å². The molecule has 0 N–H and O–H groups in total. The number of unbranched alkanes of at least 4 members (excludes halogenated alkanes) is 16. The van der Waals surface area contributed by atoms with Gasteiger partial charge in [-0.25, -0.2) is 0 Å². The number of benzene rings is 1. The maximum atomic E-state index is 13.8. The third-order valence-corrected chi connectivity index (χ3v) is 12.0. The van der Waals surface area contributed by atoms with Crippen molar-refractivity contribution in [2.75, 3.05) is 20.7 Å². The van der Waals surface area contributed by atoms with Gasteiger partial charge in [0.2, 0.25) is 0 Å². The Morgan fingerprint density at radius 3 is 1.98 bits per heavy atom. The minimum absolute atomic E-state index is 0.00161. The van der Waals surface area contributed by atoms with Crippen molar-refractivity contribution in [3.63, 3.8) is 0 Å². The van der Waals surface area contributed by atoms with Crippen molar-refractivity contribution < 1.29 is 28.5 Å². The van der Waals surface area contributed by atoms with Crippen LogP contribution >= 0.6 is 0 Å². The Balaban J connectivity index is 1.27. The molecule has 2 bridgehead atoms. The summed E-state index contributed by atoms with van der Waals surface area (Å²) >= 11 is 0. The molecule has 1 spiro atoms. The fraction of sp³-hybridized carbons (Fsp3) is 0.762. The van der Waals surface area contributed by atoms with Crippen molar-refractivity contribution in [1.82, 2.24) is 4.90 Å². The number of likely N-dealkylation sites (N-methyl/N-ethyl adjacent to an activating group) is 1. The van der Waals surface area contributed by atoms with E-state index in [2.05, 4.69) is 31.9 Å². The first-order valence-electron chi connectivity index (χ1n) is 20.1. The smallest absolute Gasteiger partial charge is 0.310 e. The van der Waals surface area contributed by atoms with Crippen LogP contribution in [-0.4, -0.2) is 55.3 Å². The van der Waals surface area contributed by atoms with Gasteiger partial charge in [-0.05, 0) is 57.0 Å². The maximum absolute atomic E-state index is 13.8. The van der Waals surface area contributed by atoms with Gasteiger partial charge in [0.05, 0.1) is 18.6 Å². The normalized spacial score (nSPS) is 24.9. The van der Waals surface area contributed by atoms with Gasteiger partial charge < -0.3 is 18.9 Å². The van der Waals surface area contributed by atoms with Crippen LogP contribution in [0.5, 0.6) is 11.5 Å². The van der Waals surface area contributed by atoms with E-state index >= 15 is 0 Å². The first-order chi connectivity index (χ1) is 23.9. The van der Waals surface area contributed by atoms with Gasteiger partial charge in [-0.1, -0.05) is 123 Å². The van der Waals surface area contributed by atoms with Crippen LogP contribution in [0.2, 0.25) is 0 Å². The van der Waals surface area contributed by atoms with Crippen LogP contribution in [0.3, 0.4) is 0 Å². The Bertz CT molecular complexity index is 1280. The summed E-state index contributed by atoms with van der Waals surface area (Å²) in [5.74, 6) is 1.64. The van der Waals surface area contributed by atoms with Gasteiger partial charge in [0.25, 0.3) is 0 Å². The number of likely N-dealkylation sites (tertiary alicyclic amines) is 1. The lowest BCUT2D eigenvalue weighted by Crippen LogP contribution is -2.75. The largest absolute Gasteiger partial charge is 0.493 e. The van der Waals surface area contributed by atoms with E-state index in [-0.39, 0.29) is 18.0 Å². The molecule has 1 aromatic rings. The highest BCUT2D eigenvalue weighted by Crippen LogP contribution is 2.66. The number of hydrogen-bond acceptors (Lipinski definition) is 7. The summed E-state index contributed by atoms with van der Waals surface area (Å²) in [5, 5.41) is 0. The van der Waals surface area contributed by atoms with E-state index in [9.17, 15) is 9.59 Å². The van der Waals surface area contributed by atoms with Crippen LogP contribution < -0.4 is 9.47 Å². The lowest BCUT2D eigenvalue weighted by atomic mass is 9.50. The number of piperidine rings is 1. The van der Waals surface area contributed by atoms with Crippen molar-refractivity contribution in [3.05, 3.63) is 35.1 Å². The molecule has 0 radical (unpaired) electrons. The van der Waals surface area contributed by atoms with E-state index in [4.69, 9.17) is 18.9 Å². The molecule has 2 aliphatic heterocycles. The second kappa shape index (κ2) is 18.1. The number of methoxy groups -OCH3 is 1. The van der Waals surface area contributed by atoms with Gasteiger partial charge in [-0.3, -0.25) is 14.5 Å². The number of rotatable bonds is 23. The molecular formula is C42H65NO6. The van der Waals surface area contributed by atoms with Gasteiger partial charge in [-0.2, -0.15) is 0 Å². The topological polar surface area (TPSA) is 74.3 Å². The Kier molecular flexibility index (Phi) is 13.9. The summed E-state index contributed by atoms with van der Waals surface area (Å²) in [4.78, 5) is 29.4. The van der Waals surface area contributed by atoms with E-state index in [1.807, 2.05) is 12.1 Å². The number of carbonyl (C=O) groups is 2. The molecule has 7 heteroatoms. The van der Waals surface area contributed by atoms with E-state index in [0.29, 0.717) is 30.8 Å². The molecule has 2 heterocycles. The van der Waals surface area contributed by atoms with E-state index in [0.717, 1.165) is 62.8 Å². The van der Waals surface area contributed by atoms with Crippen molar-refractivity contribution in [1.29, 1.82) is 0 Å². The Morgan fingerprint density at radius 2 is 1.39 bits per heavy atom. The lowest BCUT2D eigenvalue weighted by molar-refractivity contribution is -0.206. The molecule has 3 unspecified atom stereocenters. The molecule has 2 aliphatic carbocycles. The molecule has 0 saturated carbocycles. The molecule has 7 nitrogen and oxygen atoms in total. The van der Waals surface area contributed by atoms with Gasteiger partial charge in [0.1, 0.15) is 11.4 Å². The highest BCUT2D eigenvalue weighted by atomic mass is 16.6. The zero-order valence-electron chi connectivity index (χ0n) is 31.3. The third kappa shape index (κ3) is 8.18. The fourth-order valence-corrected chi connectivity index (χ4v) is 9.35. The molecule has 1 aromatic carbocycles. The molecule has 1 fully saturated rings. The van der Waals surface area contributed by atoms with Crippen molar-refractivity contribution in [2.24, 2.45) is 0 Å². The SMILES string of the molecule is CCCCCCCCCCCC(=O)OC1=CCC2(OC(=O)CCCCCCCCCCC)C3Cc4ccc(OC)c5c4C2(CCN3C)[C@H]1O5. The average molecular weight is 680 g/mol. The quantitative estimate of drug-likeness (QED) is 0.0842. The van der Waals surface area contributed by atoms with Crippen LogP contribution in [0, 0.1) is 0 Å². The first kappa shape index (κ1) is 37.7. The summed E-state index contributed by atoms with van der Waals surface area (Å²) in [5.41, 5.74) is 0.858. The zero-order valence-corrected chi connectivity index (χ0v) is 31.3. The van der Waals surface area contributed by atoms with Crippen LogP contribution in [0.25, 0.3) is 0 Å². The van der Waals surface area contributed by atoms with Crippen LogP contribution in [-0.2, 0) is 30.9 Å². The van der Waals surface area contributed by atoms with E-state index in [1.165, 1.54) is 89.0 Å². The highest BCUT2D eigenvalue weighted by Gasteiger charge is 2.74. The Hall–Kier alpha value is -2.54. The monoisotopic (exact) mass is 679 g/mol. The molecule has 49 heavy (non-hydrogen) atoms. The number of nitrogens with zero attached hydrogens (tertiary/aromatic N) is 1. The zero-order chi connectivity index (χ0) is 34.7. The number of esters is 2. The Labute approximate surface area is 296 Å². The summed E-state index contributed by atoms with van der Waals surface area (Å²) < 4.78 is 25.7. The molecule has 1 saturated heterocycles. The third-order valence-electron chi connectivity index (χ3n) is 12.0. The van der Waals surface area contributed by atoms with Crippen molar-refractivity contribution in [2.45, 2.75) is 185 Å². The molecule has 4 aliphatic rings. The molecule has 0 aromatic heterocycles. The van der Waals surface area contributed by atoms with Crippen LogP contribution in [0.4, 0.5) is 0 Å².